The number of fused-ring (bicyclic) bond motifs is 1. The Morgan fingerprint density at radius 3 is 2.81 bits per heavy atom. The highest BCUT2D eigenvalue weighted by Gasteiger charge is 2.27. The molecule has 1 aliphatic heterocycles. The van der Waals surface area contributed by atoms with Crippen LogP contribution in [0.25, 0.3) is 23.1 Å². The van der Waals surface area contributed by atoms with E-state index in [1.165, 1.54) is 5.56 Å². The normalized spacial score (nSPS) is 16.3. The molecule has 1 aliphatic rings. The molecule has 0 aliphatic carbocycles. The van der Waals surface area contributed by atoms with Crippen LogP contribution in [-0.2, 0) is 17.9 Å². The smallest absolute Gasteiger partial charge is 0.276 e. The van der Waals surface area contributed by atoms with Crippen molar-refractivity contribution in [1.29, 1.82) is 0 Å². The average molecular weight is 360 g/mol. The Labute approximate surface area is 154 Å². The van der Waals surface area contributed by atoms with Crippen molar-refractivity contribution >= 4 is 0 Å². The molecule has 134 valence electrons. The lowest BCUT2D eigenvalue weighted by Gasteiger charge is -2.24. The number of benzene rings is 1. The van der Waals surface area contributed by atoms with Gasteiger partial charge in [0.05, 0.1) is 18.8 Å². The van der Waals surface area contributed by atoms with Gasteiger partial charge in [0.2, 0.25) is 5.82 Å². The molecule has 3 aromatic heterocycles. The van der Waals surface area contributed by atoms with E-state index in [1.54, 1.807) is 6.20 Å². The van der Waals surface area contributed by atoms with E-state index in [1.807, 2.05) is 22.9 Å². The Kier molecular flexibility index (Phi) is 3.75. The van der Waals surface area contributed by atoms with E-state index in [0.29, 0.717) is 36.3 Å². The molecule has 0 saturated carbocycles. The van der Waals surface area contributed by atoms with Gasteiger partial charge in [0.25, 0.3) is 5.89 Å². The van der Waals surface area contributed by atoms with Gasteiger partial charge in [-0.15, -0.1) is 5.10 Å². The minimum absolute atomic E-state index is 0.0537. The predicted octanol–water partition coefficient (Wildman–Crippen LogP) is 2.97. The van der Waals surface area contributed by atoms with Gasteiger partial charge in [-0.1, -0.05) is 46.3 Å². The first-order valence-corrected chi connectivity index (χ1v) is 8.64. The van der Waals surface area contributed by atoms with Crippen LogP contribution in [-0.4, -0.2) is 30.1 Å². The van der Waals surface area contributed by atoms with Gasteiger partial charge in [0, 0.05) is 6.20 Å². The maximum atomic E-state index is 6.04. The first-order chi connectivity index (χ1) is 13.3. The number of rotatable bonds is 3. The van der Waals surface area contributed by atoms with Crippen molar-refractivity contribution in [3.63, 3.8) is 0 Å². The van der Waals surface area contributed by atoms with E-state index in [9.17, 15) is 0 Å². The molecule has 0 spiro atoms. The second-order valence-electron chi connectivity index (χ2n) is 6.42. The third-order valence-electron chi connectivity index (χ3n) is 4.57. The molecule has 0 fully saturated rings. The Morgan fingerprint density at radius 2 is 2.00 bits per heavy atom. The van der Waals surface area contributed by atoms with Crippen molar-refractivity contribution < 1.29 is 9.26 Å². The van der Waals surface area contributed by atoms with Crippen LogP contribution in [0.3, 0.4) is 0 Å². The van der Waals surface area contributed by atoms with Crippen molar-refractivity contribution in [2.45, 2.75) is 26.2 Å². The fourth-order valence-electron chi connectivity index (χ4n) is 3.08. The zero-order chi connectivity index (χ0) is 18.2. The monoisotopic (exact) mass is 360 g/mol. The standard InChI is InChI=1S/C19H16N6O2/c1-12-5-7-13(8-6-12)16-10-25-15(11-26-16)17(22-24-25)18-21-19(27-23-18)14-4-2-3-9-20-14/h2-9,16H,10-11H2,1H3/t16-/m0/s1. The number of hydrogen-bond acceptors (Lipinski definition) is 7. The highest BCUT2D eigenvalue weighted by molar-refractivity contribution is 5.55. The minimum atomic E-state index is -0.0537. The maximum absolute atomic E-state index is 6.04. The van der Waals surface area contributed by atoms with Gasteiger partial charge in [-0.3, -0.25) is 4.98 Å². The van der Waals surface area contributed by atoms with Crippen LogP contribution >= 0.6 is 0 Å². The first kappa shape index (κ1) is 15.8. The number of aryl methyl sites for hydroxylation is 1. The lowest BCUT2D eigenvalue weighted by Crippen LogP contribution is -2.22. The molecular formula is C19H16N6O2. The SMILES string of the molecule is Cc1ccc([C@@H]2Cn3nnc(-c4noc(-c5ccccn5)n4)c3CO2)cc1. The van der Waals surface area contributed by atoms with E-state index in [0.717, 1.165) is 11.3 Å². The summed E-state index contributed by atoms with van der Waals surface area (Å²) in [5.41, 5.74) is 4.38. The van der Waals surface area contributed by atoms with Gasteiger partial charge >= 0.3 is 0 Å². The molecule has 0 unspecified atom stereocenters. The Balaban J connectivity index is 1.42. The summed E-state index contributed by atoms with van der Waals surface area (Å²) in [5, 5.41) is 12.5. The van der Waals surface area contributed by atoms with Gasteiger partial charge in [-0.25, -0.2) is 4.68 Å². The van der Waals surface area contributed by atoms with E-state index in [-0.39, 0.29) is 6.10 Å². The fourth-order valence-corrected chi connectivity index (χ4v) is 3.08. The van der Waals surface area contributed by atoms with E-state index in [2.05, 4.69) is 56.6 Å². The van der Waals surface area contributed by atoms with E-state index < -0.39 is 0 Å². The summed E-state index contributed by atoms with van der Waals surface area (Å²) in [6.45, 7) is 3.04. The summed E-state index contributed by atoms with van der Waals surface area (Å²) in [6.07, 6.45) is 1.63. The Bertz CT molecular complexity index is 1070. The zero-order valence-electron chi connectivity index (χ0n) is 14.6. The van der Waals surface area contributed by atoms with E-state index >= 15 is 0 Å². The van der Waals surface area contributed by atoms with Crippen molar-refractivity contribution in [1.82, 2.24) is 30.1 Å². The fraction of sp³-hybridized carbons (Fsp3) is 0.211. The van der Waals surface area contributed by atoms with Gasteiger partial charge < -0.3 is 9.26 Å². The molecule has 0 N–H and O–H groups in total. The molecule has 5 rings (SSSR count). The minimum Gasteiger partial charge on any atom is -0.365 e. The maximum Gasteiger partial charge on any atom is 0.276 e. The van der Waals surface area contributed by atoms with Crippen LogP contribution in [0.2, 0.25) is 0 Å². The molecule has 0 saturated heterocycles. The zero-order valence-corrected chi connectivity index (χ0v) is 14.6. The summed E-state index contributed by atoms with van der Waals surface area (Å²) in [7, 11) is 0. The number of nitrogens with zero attached hydrogens (tertiary/aromatic N) is 6. The molecule has 27 heavy (non-hydrogen) atoms. The van der Waals surface area contributed by atoms with E-state index in [4.69, 9.17) is 9.26 Å². The molecule has 4 aromatic rings. The lowest BCUT2D eigenvalue weighted by atomic mass is 10.1. The Morgan fingerprint density at radius 1 is 1.11 bits per heavy atom. The summed E-state index contributed by atoms with van der Waals surface area (Å²) in [5.74, 6) is 0.732. The quantitative estimate of drug-likeness (QED) is 0.554. The molecular weight excluding hydrogens is 344 g/mol. The third-order valence-corrected chi connectivity index (χ3v) is 4.57. The Hall–Kier alpha value is -3.39. The molecule has 8 nitrogen and oxygen atoms in total. The molecule has 1 atom stereocenters. The van der Waals surface area contributed by atoms with Crippen LogP contribution in [0.5, 0.6) is 0 Å². The van der Waals surface area contributed by atoms with Crippen LogP contribution in [0, 0.1) is 6.92 Å². The highest BCUT2D eigenvalue weighted by atomic mass is 16.5. The number of aromatic nitrogens is 6. The van der Waals surface area contributed by atoms with Crippen LogP contribution in [0.4, 0.5) is 0 Å². The van der Waals surface area contributed by atoms with Crippen LogP contribution in [0.1, 0.15) is 22.9 Å². The van der Waals surface area contributed by atoms with Gasteiger partial charge in [0.1, 0.15) is 11.8 Å². The second kappa shape index (κ2) is 6.40. The average Bonchev–Trinajstić information content (AvgIpc) is 3.36. The van der Waals surface area contributed by atoms with Crippen LogP contribution in [0.15, 0.2) is 53.2 Å². The summed E-state index contributed by atoms with van der Waals surface area (Å²) < 4.78 is 13.2. The van der Waals surface area contributed by atoms with Gasteiger partial charge in [-0.2, -0.15) is 4.98 Å². The number of pyridine rings is 1. The third kappa shape index (κ3) is 2.89. The van der Waals surface area contributed by atoms with Crippen molar-refractivity contribution in [3.05, 3.63) is 65.5 Å². The number of hydrogen-bond donors (Lipinski definition) is 0. The second-order valence-corrected chi connectivity index (χ2v) is 6.42. The molecule has 0 amide bonds. The molecule has 1 aromatic carbocycles. The molecule has 4 heterocycles. The summed E-state index contributed by atoms with van der Waals surface area (Å²) in [4.78, 5) is 8.62. The largest absolute Gasteiger partial charge is 0.365 e. The van der Waals surface area contributed by atoms with Crippen molar-refractivity contribution in [3.8, 4) is 23.1 Å². The summed E-state index contributed by atoms with van der Waals surface area (Å²) in [6, 6.07) is 13.8. The summed E-state index contributed by atoms with van der Waals surface area (Å²) >= 11 is 0. The first-order valence-electron chi connectivity index (χ1n) is 8.64. The van der Waals surface area contributed by atoms with Gasteiger partial charge in [0.15, 0.2) is 5.69 Å². The molecule has 0 radical (unpaired) electrons. The van der Waals surface area contributed by atoms with Crippen molar-refractivity contribution in [2.75, 3.05) is 0 Å². The number of ether oxygens (including phenoxy) is 1. The molecule has 0 bridgehead atoms. The van der Waals surface area contributed by atoms with Gasteiger partial charge in [-0.05, 0) is 24.6 Å². The highest BCUT2D eigenvalue weighted by Crippen LogP contribution is 2.30. The lowest BCUT2D eigenvalue weighted by molar-refractivity contribution is -0.00112. The topological polar surface area (TPSA) is 91.8 Å². The predicted molar refractivity (Wildman–Crippen MR) is 95.3 cm³/mol. The molecule has 8 heteroatoms. The van der Waals surface area contributed by atoms with Crippen molar-refractivity contribution in [2.24, 2.45) is 0 Å². The van der Waals surface area contributed by atoms with Crippen LogP contribution < -0.4 is 0 Å².